The zero-order chi connectivity index (χ0) is 10.8. The third-order valence-electron chi connectivity index (χ3n) is 1.47. The predicted octanol–water partition coefficient (Wildman–Crippen LogP) is -3.12. The van der Waals surface area contributed by atoms with Gasteiger partial charge >= 0.3 is 29.6 Å². The summed E-state index contributed by atoms with van der Waals surface area (Å²) in [6.07, 6.45) is 1.42. The standard InChI is InChI=1S/C8H13N3O2S.Na/c1-8(2,3)11-7(9-5-10-11)14-4-6(12)13;/h5H,4H2,1-3H3,(H,12,13);/q;+1/p-1. The van der Waals surface area contributed by atoms with Gasteiger partial charge in [-0.15, -0.1) is 0 Å². The van der Waals surface area contributed by atoms with Gasteiger partial charge in [0.1, 0.15) is 6.33 Å². The van der Waals surface area contributed by atoms with Gasteiger partial charge in [-0.3, -0.25) is 0 Å². The fraction of sp³-hybridized carbons (Fsp3) is 0.625. The Kier molecular flexibility index (Phi) is 5.87. The molecular weight excluding hydrogens is 225 g/mol. The van der Waals surface area contributed by atoms with Gasteiger partial charge in [-0.25, -0.2) is 9.67 Å². The molecule has 7 heteroatoms. The maximum atomic E-state index is 10.3. The van der Waals surface area contributed by atoms with Crippen LogP contribution in [0.5, 0.6) is 0 Å². The molecule has 1 aromatic heterocycles. The molecule has 0 amide bonds. The summed E-state index contributed by atoms with van der Waals surface area (Å²) in [6, 6.07) is 0. The molecule has 0 atom stereocenters. The van der Waals surface area contributed by atoms with Crippen molar-refractivity contribution in [3.63, 3.8) is 0 Å². The molecule has 0 aliphatic carbocycles. The van der Waals surface area contributed by atoms with E-state index < -0.39 is 5.97 Å². The molecule has 0 radical (unpaired) electrons. The number of hydrogen-bond acceptors (Lipinski definition) is 5. The van der Waals surface area contributed by atoms with Crippen LogP contribution in [0.25, 0.3) is 0 Å². The second kappa shape index (κ2) is 5.89. The van der Waals surface area contributed by atoms with Crippen molar-refractivity contribution in [1.29, 1.82) is 0 Å². The first-order valence-electron chi connectivity index (χ1n) is 4.14. The van der Waals surface area contributed by atoms with Crippen LogP contribution in [0.15, 0.2) is 11.5 Å². The molecular formula is C8H12N3NaO2S. The minimum absolute atomic E-state index is 0. The molecule has 0 aliphatic heterocycles. The summed E-state index contributed by atoms with van der Waals surface area (Å²) < 4.78 is 1.70. The third kappa shape index (κ3) is 4.55. The fourth-order valence-electron chi connectivity index (χ4n) is 0.913. The van der Waals surface area contributed by atoms with E-state index in [0.29, 0.717) is 5.16 Å². The van der Waals surface area contributed by atoms with Crippen molar-refractivity contribution in [3.05, 3.63) is 6.33 Å². The molecule has 0 aliphatic rings. The predicted molar refractivity (Wildman–Crippen MR) is 50.7 cm³/mol. The number of thioether (sulfide) groups is 1. The number of rotatable bonds is 3. The van der Waals surface area contributed by atoms with Gasteiger partial charge in [0.05, 0.1) is 11.5 Å². The van der Waals surface area contributed by atoms with Gasteiger partial charge < -0.3 is 9.90 Å². The Labute approximate surface area is 115 Å². The zero-order valence-corrected chi connectivity index (χ0v) is 12.2. The van der Waals surface area contributed by atoms with E-state index in [2.05, 4.69) is 10.1 Å². The van der Waals surface area contributed by atoms with Crippen LogP contribution in [0.1, 0.15) is 20.8 Å². The van der Waals surface area contributed by atoms with Crippen LogP contribution < -0.4 is 34.7 Å². The van der Waals surface area contributed by atoms with Gasteiger partial charge in [0.15, 0.2) is 5.16 Å². The summed E-state index contributed by atoms with van der Waals surface area (Å²) in [5.74, 6) is -1.20. The molecule has 0 aromatic carbocycles. The minimum atomic E-state index is -1.10. The molecule has 1 rings (SSSR count). The van der Waals surface area contributed by atoms with Crippen LogP contribution in [0, 0.1) is 0 Å². The van der Waals surface area contributed by atoms with Crippen molar-refractivity contribution in [2.75, 3.05) is 5.75 Å². The smallest absolute Gasteiger partial charge is 0.549 e. The van der Waals surface area contributed by atoms with E-state index in [-0.39, 0.29) is 40.8 Å². The van der Waals surface area contributed by atoms with Gasteiger partial charge in [0.2, 0.25) is 0 Å². The Morgan fingerprint density at radius 2 is 2.20 bits per heavy atom. The fourth-order valence-corrected chi connectivity index (χ4v) is 1.72. The Bertz CT molecular complexity index is 335. The summed E-state index contributed by atoms with van der Waals surface area (Å²) in [5, 5.41) is 14.9. The summed E-state index contributed by atoms with van der Waals surface area (Å²) in [5.41, 5.74) is -0.190. The SMILES string of the molecule is CC(C)(C)n1ncnc1SCC(=O)[O-].[Na+]. The van der Waals surface area contributed by atoms with Crippen molar-refractivity contribution in [3.8, 4) is 0 Å². The molecule has 0 saturated carbocycles. The summed E-state index contributed by atoms with van der Waals surface area (Å²) in [7, 11) is 0. The number of carbonyl (C=O) groups is 1. The van der Waals surface area contributed by atoms with Crippen molar-refractivity contribution in [2.24, 2.45) is 0 Å². The van der Waals surface area contributed by atoms with Gasteiger partial charge in [-0.2, -0.15) is 5.10 Å². The van der Waals surface area contributed by atoms with Crippen LogP contribution in [0.2, 0.25) is 0 Å². The Hall–Kier alpha value is -0.0400. The molecule has 0 saturated heterocycles. The van der Waals surface area contributed by atoms with Crippen LogP contribution in [0.4, 0.5) is 0 Å². The maximum absolute atomic E-state index is 10.3. The van der Waals surface area contributed by atoms with Gasteiger partial charge in [0.25, 0.3) is 0 Å². The molecule has 0 bridgehead atoms. The Morgan fingerprint density at radius 1 is 1.60 bits per heavy atom. The number of aromatic nitrogens is 3. The molecule has 1 heterocycles. The first kappa shape index (κ1) is 15.0. The quantitative estimate of drug-likeness (QED) is 0.411. The van der Waals surface area contributed by atoms with Gasteiger partial charge in [0, 0.05) is 5.75 Å². The number of aliphatic carboxylic acids is 1. The van der Waals surface area contributed by atoms with Crippen molar-refractivity contribution in [1.82, 2.24) is 14.8 Å². The van der Waals surface area contributed by atoms with E-state index in [1.807, 2.05) is 20.8 Å². The molecule has 5 nitrogen and oxygen atoms in total. The van der Waals surface area contributed by atoms with Gasteiger partial charge in [-0.05, 0) is 20.8 Å². The topological polar surface area (TPSA) is 70.8 Å². The number of carboxylic acids is 1. The second-order valence-electron chi connectivity index (χ2n) is 3.79. The average Bonchev–Trinajstić information content (AvgIpc) is 2.46. The van der Waals surface area contributed by atoms with E-state index in [0.717, 1.165) is 11.8 Å². The van der Waals surface area contributed by atoms with E-state index >= 15 is 0 Å². The van der Waals surface area contributed by atoms with E-state index in [1.165, 1.54) is 6.33 Å². The first-order valence-corrected chi connectivity index (χ1v) is 5.13. The molecule has 0 spiro atoms. The number of carboxylic acid groups (broad SMARTS) is 1. The first-order chi connectivity index (χ1) is 6.41. The van der Waals surface area contributed by atoms with Crippen LogP contribution in [0.3, 0.4) is 0 Å². The molecule has 1 aromatic rings. The molecule has 0 N–H and O–H groups in total. The number of hydrogen-bond donors (Lipinski definition) is 0. The number of carbonyl (C=O) groups excluding carboxylic acids is 1. The van der Waals surface area contributed by atoms with Crippen LogP contribution in [-0.2, 0) is 10.3 Å². The van der Waals surface area contributed by atoms with Crippen molar-refractivity contribution >= 4 is 17.7 Å². The largest absolute Gasteiger partial charge is 1.00 e. The van der Waals surface area contributed by atoms with E-state index in [9.17, 15) is 9.90 Å². The Balaban J connectivity index is 0.00000196. The molecule has 78 valence electrons. The molecule has 0 fully saturated rings. The van der Waals surface area contributed by atoms with Gasteiger partial charge in [-0.1, -0.05) is 11.8 Å². The molecule has 15 heavy (non-hydrogen) atoms. The average molecular weight is 237 g/mol. The minimum Gasteiger partial charge on any atom is -0.549 e. The maximum Gasteiger partial charge on any atom is 1.00 e. The number of nitrogens with zero attached hydrogens (tertiary/aromatic N) is 3. The van der Waals surface area contributed by atoms with Crippen molar-refractivity contribution < 1.29 is 39.5 Å². The summed E-state index contributed by atoms with van der Waals surface area (Å²) in [6.45, 7) is 5.93. The molecule has 0 unspecified atom stereocenters. The van der Waals surface area contributed by atoms with Crippen LogP contribution >= 0.6 is 11.8 Å². The normalized spacial score (nSPS) is 10.9. The van der Waals surface area contributed by atoms with Crippen LogP contribution in [-0.4, -0.2) is 26.5 Å². The summed E-state index contributed by atoms with van der Waals surface area (Å²) in [4.78, 5) is 14.2. The second-order valence-corrected chi connectivity index (χ2v) is 4.73. The third-order valence-corrected chi connectivity index (χ3v) is 2.39. The monoisotopic (exact) mass is 237 g/mol. The van der Waals surface area contributed by atoms with E-state index in [1.54, 1.807) is 4.68 Å². The summed E-state index contributed by atoms with van der Waals surface area (Å²) >= 11 is 1.12. The van der Waals surface area contributed by atoms with E-state index in [4.69, 9.17) is 0 Å². The van der Waals surface area contributed by atoms with Crippen molar-refractivity contribution in [2.45, 2.75) is 31.5 Å². The zero-order valence-electron chi connectivity index (χ0n) is 9.35. The Morgan fingerprint density at radius 3 is 2.67 bits per heavy atom.